The Morgan fingerprint density at radius 3 is 2.31 bits per heavy atom. The zero-order valence-electron chi connectivity index (χ0n) is 17.5. The average molecular weight is 448 g/mol. The van der Waals surface area contributed by atoms with E-state index >= 15 is 0 Å². The van der Waals surface area contributed by atoms with E-state index in [1.165, 1.54) is 5.69 Å². The highest BCUT2D eigenvalue weighted by molar-refractivity contribution is 7.71. The molecule has 7 nitrogen and oxygen atoms in total. The van der Waals surface area contributed by atoms with Gasteiger partial charge in [0.05, 0.1) is 11.3 Å². The highest BCUT2D eigenvalue weighted by Crippen LogP contribution is 2.31. The third-order valence-corrected chi connectivity index (χ3v) is 6.54. The van der Waals surface area contributed by atoms with Crippen LogP contribution in [0.25, 0.3) is 0 Å². The summed E-state index contributed by atoms with van der Waals surface area (Å²) in [6, 6.07) is 21.2. The number of aliphatic hydroxyl groups is 1. The van der Waals surface area contributed by atoms with E-state index in [2.05, 4.69) is 27.9 Å². The number of benzene rings is 2. The van der Waals surface area contributed by atoms with Crippen molar-refractivity contribution >= 4 is 29.5 Å². The molecule has 1 saturated heterocycles. The molecule has 8 heteroatoms. The molecule has 0 aliphatic carbocycles. The quantitative estimate of drug-likeness (QED) is 0.534. The molecular formula is C24H25N5O2S. The first-order chi connectivity index (χ1) is 15.6. The number of hydrogen-bond donors (Lipinski definition) is 3. The van der Waals surface area contributed by atoms with Gasteiger partial charge >= 0.3 is 0 Å². The van der Waals surface area contributed by atoms with Crippen molar-refractivity contribution in [2.24, 2.45) is 0 Å². The number of fused-ring (bicyclic) bond motifs is 1. The van der Waals surface area contributed by atoms with Crippen molar-refractivity contribution in [1.29, 1.82) is 0 Å². The number of para-hydroxylation sites is 1. The van der Waals surface area contributed by atoms with Crippen molar-refractivity contribution in [2.75, 3.05) is 36.5 Å². The Labute approximate surface area is 191 Å². The lowest BCUT2D eigenvalue weighted by atomic mass is 10.0. The number of anilines is 2. The molecule has 2 aliphatic rings. The van der Waals surface area contributed by atoms with Gasteiger partial charge < -0.3 is 24.9 Å². The van der Waals surface area contributed by atoms with Crippen LogP contribution in [0, 0.1) is 4.64 Å². The maximum absolute atomic E-state index is 13.8. The summed E-state index contributed by atoms with van der Waals surface area (Å²) < 4.78 is 2.24. The molecule has 5 rings (SSSR count). The number of nitrogens with zero attached hydrogens (tertiary/aromatic N) is 3. The topological polar surface area (TPSA) is 72.8 Å². The number of nitrogens with one attached hydrogen (secondary N) is 2. The minimum Gasteiger partial charge on any atom is -0.372 e. The number of pyridine rings is 1. The van der Waals surface area contributed by atoms with Gasteiger partial charge in [0.25, 0.3) is 0 Å². The molecule has 2 aromatic carbocycles. The lowest BCUT2D eigenvalue weighted by Gasteiger charge is -2.38. The first-order valence-corrected chi connectivity index (χ1v) is 11.1. The van der Waals surface area contributed by atoms with Crippen LogP contribution in [-0.2, 0) is 4.79 Å². The van der Waals surface area contributed by atoms with Gasteiger partial charge in [-0.15, -0.1) is 0 Å². The van der Waals surface area contributed by atoms with E-state index in [9.17, 15) is 9.90 Å². The molecule has 2 atom stereocenters. The van der Waals surface area contributed by atoms with Gasteiger partial charge in [0.1, 0.15) is 10.7 Å². The predicted molar refractivity (Wildman–Crippen MR) is 127 cm³/mol. The third-order valence-electron chi connectivity index (χ3n) is 6.11. The highest BCUT2D eigenvalue weighted by atomic mass is 32.1. The van der Waals surface area contributed by atoms with Crippen molar-refractivity contribution in [3.05, 3.63) is 88.7 Å². The fourth-order valence-electron chi connectivity index (χ4n) is 4.42. The van der Waals surface area contributed by atoms with Crippen molar-refractivity contribution in [3.8, 4) is 0 Å². The van der Waals surface area contributed by atoms with Crippen molar-refractivity contribution in [2.45, 2.75) is 12.3 Å². The fraction of sp³-hybridized carbons (Fsp3) is 0.250. The number of piperazine rings is 1. The summed E-state index contributed by atoms with van der Waals surface area (Å²) >= 11 is 5.72. The van der Waals surface area contributed by atoms with Gasteiger partial charge in [-0.25, -0.2) is 5.43 Å². The molecular weight excluding hydrogens is 422 g/mol. The SMILES string of the molecule is O=C(C(c1ccccc1)n1ccc2c(c1=S)C(O)NN2)N1CCN(c2ccccc2)CC1. The molecule has 1 aromatic heterocycles. The molecule has 2 aliphatic heterocycles. The van der Waals surface area contributed by atoms with Crippen LogP contribution in [0.5, 0.6) is 0 Å². The smallest absolute Gasteiger partial charge is 0.250 e. The number of carbonyl (C=O) groups is 1. The van der Waals surface area contributed by atoms with Crippen molar-refractivity contribution < 1.29 is 9.90 Å². The van der Waals surface area contributed by atoms with Crippen LogP contribution in [0.15, 0.2) is 72.9 Å². The van der Waals surface area contributed by atoms with Crippen molar-refractivity contribution in [1.82, 2.24) is 14.9 Å². The Kier molecular flexibility index (Phi) is 5.65. The van der Waals surface area contributed by atoms with Gasteiger partial charge in [0, 0.05) is 38.1 Å². The lowest BCUT2D eigenvalue weighted by molar-refractivity contribution is -0.133. The number of hydrogen-bond acceptors (Lipinski definition) is 6. The molecule has 0 radical (unpaired) electrons. The Morgan fingerprint density at radius 1 is 0.969 bits per heavy atom. The summed E-state index contributed by atoms with van der Waals surface area (Å²) in [6.07, 6.45) is 0.912. The first-order valence-electron chi connectivity index (χ1n) is 10.7. The van der Waals surface area contributed by atoms with Crippen LogP contribution in [0.4, 0.5) is 11.4 Å². The van der Waals surface area contributed by atoms with E-state index in [1.54, 1.807) is 4.57 Å². The molecule has 32 heavy (non-hydrogen) atoms. The van der Waals surface area contributed by atoms with E-state index in [1.807, 2.05) is 65.7 Å². The summed E-state index contributed by atoms with van der Waals surface area (Å²) in [7, 11) is 0. The maximum Gasteiger partial charge on any atom is 0.250 e. The normalized spacial score (nSPS) is 18.7. The lowest BCUT2D eigenvalue weighted by Crippen LogP contribution is -2.50. The molecule has 1 amide bonds. The molecule has 0 saturated carbocycles. The van der Waals surface area contributed by atoms with E-state index in [0.29, 0.717) is 23.3 Å². The van der Waals surface area contributed by atoms with E-state index in [0.717, 1.165) is 24.3 Å². The zero-order chi connectivity index (χ0) is 22.1. The summed E-state index contributed by atoms with van der Waals surface area (Å²) in [6.45, 7) is 2.83. The van der Waals surface area contributed by atoms with Crippen LogP contribution in [0.2, 0.25) is 0 Å². The number of hydrazine groups is 1. The number of carbonyl (C=O) groups excluding carboxylic acids is 1. The maximum atomic E-state index is 13.8. The molecule has 2 unspecified atom stereocenters. The van der Waals surface area contributed by atoms with Gasteiger partial charge in [0.2, 0.25) is 5.91 Å². The first kappa shape index (κ1) is 20.7. The van der Waals surface area contributed by atoms with Crippen LogP contribution < -0.4 is 15.8 Å². The molecule has 0 bridgehead atoms. The Balaban J connectivity index is 1.45. The van der Waals surface area contributed by atoms with E-state index < -0.39 is 12.3 Å². The summed E-state index contributed by atoms with van der Waals surface area (Å²) in [5, 5.41) is 10.3. The van der Waals surface area contributed by atoms with E-state index in [-0.39, 0.29) is 5.91 Å². The van der Waals surface area contributed by atoms with E-state index in [4.69, 9.17) is 12.2 Å². The number of aliphatic hydroxyl groups excluding tert-OH is 1. The second kappa shape index (κ2) is 8.74. The summed E-state index contributed by atoms with van der Waals surface area (Å²) in [5.41, 5.74) is 9.06. The van der Waals surface area contributed by atoms with Crippen molar-refractivity contribution in [3.63, 3.8) is 0 Å². The number of amides is 1. The Morgan fingerprint density at radius 2 is 1.62 bits per heavy atom. The predicted octanol–water partition coefficient (Wildman–Crippen LogP) is 3.08. The van der Waals surface area contributed by atoms with Gasteiger partial charge in [-0.3, -0.25) is 4.79 Å². The molecule has 3 heterocycles. The Hall–Kier alpha value is -3.20. The highest BCUT2D eigenvalue weighted by Gasteiger charge is 2.32. The van der Waals surface area contributed by atoms with Gasteiger partial charge in [-0.2, -0.15) is 0 Å². The van der Waals surface area contributed by atoms with Crippen LogP contribution in [0.1, 0.15) is 23.4 Å². The average Bonchev–Trinajstić information content (AvgIpc) is 3.23. The molecule has 0 spiro atoms. The van der Waals surface area contributed by atoms with Crippen LogP contribution in [-0.4, -0.2) is 46.7 Å². The van der Waals surface area contributed by atoms with Gasteiger partial charge in [-0.05, 0) is 23.8 Å². The monoisotopic (exact) mass is 447 g/mol. The molecule has 3 aromatic rings. The minimum absolute atomic E-state index is 0.00775. The largest absolute Gasteiger partial charge is 0.372 e. The third kappa shape index (κ3) is 3.77. The zero-order valence-corrected chi connectivity index (χ0v) is 18.3. The molecule has 3 N–H and O–H groups in total. The van der Waals surface area contributed by atoms with Crippen LogP contribution in [0.3, 0.4) is 0 Å². The second-order valence-corrected chi connectivity index (χ2v) is 8.38. The summed E-state index contributed by atoms with van der Waals surface area (Å²) in [4.78, 5) is 18.0. The number of rotatable bonds is 4. The van der Waals surface area contributed by atoms with Gasteiger partial charge in [0.15, 0.2) is 6.23 Å². The molecule has 1 fully saturated rings. The summed E-state index contributed by atoms with van der Waals surface area (Å²) in [5.74, 6) is 0.00775. The number of aromatic nitrogens is 1. The van der Waals surface area contributed by atoms with Gasteiger partial charge in [-0.1, -0.05) is 60.7 Å². The van der Waals surface area contributed by atoms with Crippen LogP contribution >= 0.6 is 12.2 Å². The second-order valence-electron chi connectivity index (χ2n) is 7.99. The Bertz CT molecular complexity index is 1160. The minimum atomic E-state index is -0.911. The standard InChI is InChI=1S/C24H25N5O2S/c30-22-20-19(25-26-22)11-12-29(24(20)32)21(17-7-3-1-4-8-17)23(31)28-15-13-27(14-16-28)18-9-5-2-6-10-18/h1-12,21-22,25-26,30H,13-16H2. The fourth-order valence-corrected chi connectivity index (χ4v) is 4.80. The molecule has 164 valence electrons.